The summed E-state index contributed by atoms with van der Waals surface area (Å²) in [5.41, 5.74) is 4.65. The van der Waals surface area contributed by atoms with Crippen LogP contribution in [0.2, 0.25) is 0 Å². The van der Waals surface area contributed by atoms with Crippen LogP contribution in [0.1, 0.15) is 29.8 Å². The van der Waals surface area contributed by atoms with Gasteiger partial charge in [-0.3, -0.25) is 9.69 Å². The quantitative estimate of drug-likeness (QED) is 0.769. The maximum Gasteiger partial charge on any atom is 0.159 e. The standard InChI is InChI=1S/C22H26N2O/c1-18(16-20-6-4-3-5-7-20)17-23-12-14-24(15-13-23)22-10-8-21(9-11-22)19(2)25/h3-11,16H,12-15,17H2,1-2H3/b18-16+. The summed E-state index contributed by atoms with van der Waals surface area (Å²) in [4.78, 5) is 16.3. The minimum Gasteiger partial charge on any atom is -0.369 e. The van der Waals surface area contributed by atoms with Crippen LogP contribution in [-0.2, 0) is 0 Å². The molecule has 3 heteroatoms. The highest BCUT2D eigenvalue weighted by Gasteiger charge is 2.17. The molecule has 1 aliphatic rings. The van der Waals surface area contributed by atoms with E-state index in [4.69, 9.17) is 0 Å². The number of piperazine rings is 1. The zero-order valence-corrected chi connectivity index (χ0v) is 15.1. The molecule has 0 amide bonds. The zero-order chi connectivity index (χ0) is 17.6. The van der Waals surface area contributed by atoms with Gasteiger partial charge in [0.25, 0.3) is 0 Å². The first-order valence-corrected chi connectivity index (χ1v) is 8.92. The van der Waals surface area contributed by atoms with Crippen molar-refractivity contribution in [3.8, 4) is 0 Å². The number of nitrogens with zero attached hydrogens (tertiary/aromatic N) is 2. The number of Topliss-reactive ketones (excluding diaryl/α,β-unsaturated/α-hetero) is 1. The molecule has 1 saturated heterocycles. The third-order valence-electron chi connectivity index (χ3n) is 4.70. The Balaban J connectivity index is 1.53. The fourth-order valence-electron chi connectivity index (χ4n) is 3.30. The van der Waals surface area contributed by atoms with Crippen LogP contribution >= 0.6 is 0 Å². The van der Waals surface area contributed by atoms with Gasteiger partial charge in [-0.25, -0.2) is 0 Å². The Morgan fingerprint density at radius 2 is 1.56 bits per heavy atom. The van der Waals surface area contributed by atoms with Gasteiger partial charge in [-0.2, -0.15) is 0 Å². The Bertz CT molecular complexity index is 726. The molecule has 1 fully saturated rings. The molecule has 130 valence electrons. The number of hydrogen-bond acceptors (Lipinski definition) is 3. The number of hydrogen-bond donors (Lipinski definition) is 0. The molecule has 2 aromatic carbocycles. The van der Waals surface area contributed by atoms with Gasteiger partial charge in [0.1, 0.15) is 0 Å². The van der Waals surface area contributed by atoms with Crippen molar-refractivity contribution in [2.45, 2.75) is 13.8 Å². The van der Waals surface area contributed by atoms with Crippen molar-refractivity contribution in [3.05, 3.63) is 71.3 Å². The third kappa shape index (κ3) is 4.80. The van der Waals surface area contributed by atoms with Gasteiger partial charge in [0.15, 0.2) is 5.78 Å². The van der Waals surface area contributed by atoms with Gasteiger partial charge in [-0.05, 0) is 43.7 Å². The molecule has 3 rings (SSSR count). The van der Waals surface area contributed by atoms with E-state index in [9.17, 15) is 4.79 Å². The van der Waals surface area contributed by atoms with Gasteiger partial charge in [0.05, 0.1) is 0 Å². The van der Waals surface area contributed by atoms with Crippen LogP contribution in [0.5, 0.6) is 0 Å². The van der Waals surface area contributed by atoms with Gasteiger partial charge < -0.3 is 4.90 Å². The number of ketones is 1. The van der Waals surface area contributed by atoms with Gasteiger partial charge in [0.2, 0.25) is 0 Å². The maximum absolute atomic E-state index is 11.4. The van der Waals surface area contributed by atoms with Crippen molar-refractivity contribution >= 4 is 17.5 Å². The Hall–Kier alpha value is -2.39. The predicted molar refractivity (Wildman–Crippen MR) is 105 cm³/mol. The lowest BCUT2D eigenvalue weighted by Crippen LogP contribution is -2.46. The first kappa shape index (κ1) is 17.4. The molecule has 0 unspecified atom stereocenters. The highest BCUT2D eigenvalue weighted by Crippen LogP contribution is 2.18. The fourth-order valence-corrected chi connectivity index (χ4v) is 3.30. The van der Waals surface area contributed by atoms with Gasteiger partial charge in [-0.15, -0.1) is 0 Å². The van der Waals surface area contributed by atoms with Gasteiger partial charge in [0, 0.05) is 44.0 Å². The van der Waals surface area contributed by atoms with E-state index >= 15 is 0 Å². The average Bonchev–Trinajstić information content (AvgIpc) is 2.63. The summed E-state index contributed by atoms with van der Waals surface area (Å²) in [5.74, 6) is 0.122. The molecule has 0 atom stereocenters. The van der Waals surface area contributed by atoms with Crippen molar-refractivity contribution in [1.82, 2.24) is 4.90 Å². The first-order chi connectivity index (χ1) is 12.1. The topological polar surface area (TPSA) is 23.6 Å². The second-order valence-corrected chi connectivity index (χ2v) is 6.77. The summed E-state index contributed by atoms with van der Waals surface area (Å²) >= 11 is 0. The zero-order valence-electron chi connectivity index (χ0n) is 15.1. The molecule has 0 aromatic heterocycles. The summed E-state index contributed by atoms with van der Waals surface area (Å²) in [6.07, 6.45) is 2.27. The van der Waals surface area contributed by atoms with Crippen molar-refractivity contribution in [2.75, 3.05) is 37.6 Å². The summed E-state index contributed by atoms with van der Waals surface area (Å²) < 4.78 is 0. The van der Waals surface area contributed by atoms with Crippen molar-refractivity contribution in [3.63, 3.8) is 0 Å². The molecule has 2 aromatic rings. The largest absolute Gasteiger partial charge is 0.369 e. The monoisotopic (exact) mass is 334 g/mol. The van der Waals surface area contributed by atoms with Gasteiger partial charge >= 0.3 is 0 Å². The summed E-state index contributed by atoms with van der Waals surface area (Å²) in [6.45, 7) is 9.02. The third-order valence-corrected chi connectivity index (χ3v) is 4.70. The van der Waals surface area contributed by atoms with Crippen LogP contribution in [0.25, 0.3) is 6.08 Å². The molecular weight excluding hydrogens is 308 g/mol. The average molecular weight is 334 g/mol. The van der Waals surface area contributed by atoms with Crippen molar-refractivity contribution < 1.29 is 4.79 Å². The van der Waals surface area contributed by atoms with Crippen LogP contribution in [0.15, 0.2) is 60.2 Å². The van der Waals surface area contributed by atoms with E-state index in [0.717, 1.165) is 38.3 Å². The number of carbonyl (C=O) groups excluding carboxylic acids is 1. The Labute approximate surface area is 150 Å². The number of carbonyl (C=O) groups is 1. The maximum atomic E-state index is 11.4. The normalized spacial score (nSPS) is 16.1. The molecule has 0 aliphatic carbocycles. The molecule has 1 aliphatic heterocycles. The van der Waals surface area contributed by atoms with E-state index < -0.39 is 0 Å². The van der Waals surface area contributed by atoms with Crippen molar-refractivity contribution in [1.29, 1.82) is 0 Å². The predicted octanol–water partition coefficient (Wildman–Crippen LogP) is 4.11. The molecule has 1 heterocycles. The lowest BCUT2D eigenvalue weighted by Gasteiger charge is -2.36. The Morgan fingerprint density at radius 1 is 0.920 bits per heavy atom. The summed E-state index contributed by atoms with van der Waals surface area (Å²) in [7, 11) is 0. The van der Waals surface area contributed by atoms with E-state index in [-0.39, 0.29) is 5.78 Å². The van der Waals surface area contributed by atoms with Crippen LogP contribution in [-0.4, -0.2) is 43.4 Å². The molecular formula is C22H26N2O. The molecule has 0 bridgehead atoms. The number of rotatable bonds is 5. The SMILES string of the molecule is CC(=O)c1ccc(N2CCN(C/C(C)=C/c3ccccc3)CC2)cc1. The van der Waals surface area contributed by atoms with Crippen molar-refractivity contribution in [2.24, 2.45) is 0 Å². The molecule has 3 nitrogen and oxygen atoms in total. The molecule has 25 heavy (non-hydrogen) atoms. The van der Waals surface area contributed by atoms with Crippen LogP contribution in [0.4, 0.5) is 5.69 Å². The number of anilines is 1. The van der Waals surface area contributed by atoms with E-state index in [2.05, 4.69) is 65.3 Å². The fraction of sp³-hybridized carbons (Fsp3) is 0.318. The van der Waals surface area contributed by atoms with Crippen LogP contribution < -0.4 is 4.90 Å². The van der Waals surface area contributed by atoms with E-state index in [1.165, 1.54) is 16.8 Å². The minimum atomic E-state index is 0.122. The lowest BCUT2D eigenvalue weighted by atomic mass is 10.1. The molecule has 0 saturated carbocycles. The van der Waals surface area contributed by atoms with E-state index in [0.29, 0.717) is 0 Å². The smallest absolute Gasteiger partial charge is 0.159 e. The Kier molecular flexibility index (Phi) is 5.67. The van der Waals surface area contributed by atoms with Crippen LogP contribution in [0.3, 0.4) is 0 Å². The van der Waals surface area contributed by atoms with Gasteiger partial charge in [-0.1, -0.05) is 42.0 Å². The highest BCUT2D eigenvalue weighted by atomic mass is 16.1. The summed E-state index contributed by atoms with van der Waals surface area (Å²) in [6, 6.07) is 18.5. The second kappa shape index (κ2) is 8.13. The second-order valence-electron chi connectivity index (χ2n) is 6.77. The Morgan fingerprint density at radius 3 is 2.16 bits per heavy atom. The molecule has 0 spiro atoms. The first-order valence-electron chi connectivity index (χ1n) is 8.92. The lowest BCUT2D eigenvalue weighted by molar-refractivity contribution is 0.101. The van der Waals surface area contributed by atoms with E-state index in [1.54, 1.807) is 6.92 Å². The molecule has 0 N–H and O–H groups in total. The van der Waals surface area contributed by atoms with Crippen LogP contribution in [0, 0.1) is 0 Å². The number of benzene rings is 2. The minimum absolute atomic E-state index is 0.122. The van der Waals surface area contributed by atoms with E-state index in [1.807, 2.05) is 12.1 Å². The highest BCUT2D eigenvalue weighted by molar-refractivity contribution is 5.94. The molecule has 0 radical (unpaired) electrons. The summed E-state index contributed by atoms with van der Waals surface area (Å²) in [5, 5.41) is 0.